The minimum absolute atomic E-state index is 0.805. The largest absolute Gasteiger partial charge is 0.329 e. The topological polar surface area (TPSA) is 82.3 Å². The molecule has 2 aromatic rings. The molecular formula is C20H22N4O2. The molecule has 0 saturated carbocycles. The number of carbonyl (C=O) groups excluding carboxylic acids is 2. The van der Waals surface area contributed by atoms with Crippen LogP contribution in [0.2, 0.25) is 0 Å². The van der Waals surface area contributed by atoms with Gasteiger partial charge < -0.3 is 10.9 Å². The van der Waals surface area contributed by atoms with Gasteiger partial charge >= 0.3 is 11.8 Å². The van der Waals surface area contributed by atoms with Crippen molar-refractivity contribution >= 4 is 23.0 Å². The number of nitrogens with one attached hydrogen (secondary N) is 4. The molecule has 2 aromatic carbocycles. The molecule has 26 heavy (non-hydrogen) atoms. The zero-order chi connectivity index (χ0) is 18.8. The Kier molecular flexibility index (Phi) is 7.00. The van der Waals surface area contributed by atoms with E-state index in [1.165, 1.54) is 0 Å². The number of benzene rings is 2. The molecule has 134 valence electrons. The third-order valence-corrected chi connectivity index (χ3v) is 3.61. The number of hydrogen-bond acceptors (Lipinski definition) is 4. The Morgan fingerprint density at radius 3 is 1.35 bits per heavy atom. The van der Waals surface area contributed by atoms with Gasteiger partial charge in [-0.3, -0.25) is 20.4 Å². The third-order valence-electron chi connectivity index (χ3n) is 3.61. The summed E-state index contributed by atoms with van der Waals surface area (Å²) in [6.07, 6.45) is 3.24. The quantitative estimate of drug-likeness (QED) is 0.476. The van der Waals surface area contributed by atoms with E-state index in [-0.39, 0.29) is 0 Å². The highest BCUT2D eigenvalue weighted by Crippen LogP contribution is 2.11. The van der Waals surface area contributed by atoms with Crippen LogP contribution in [-0.4, -0.2) is 11.8 Å². The molecule has 0 unspecified atom stereocenters. The fourth-order valence-corrected chi connectivity index (χ4v) is 2.10. The molecule has 0 aliphatic rings. The van der Waals surface area contributed by atoms with Gasteiger partial charge in [0.2, 0.25) is 0 Å². The molecule has 6 nitrogen and oxygen atoms in total. The van der Waals surface area contributed by atoms with E-state index in [9.17, 15) is 9.59 Å². The number of amides is 2. The molecule has 0 bridgehead atoms. The summed E-state index contributed by atoms with van der Waals surface area (Å²) < 4.78 is 0. The Balaban J connectivity index is 1.76. The van der Waals surface area contributed by atoms with Crippen LogP contribution in [0.25, 0.3) is 11.1 Å². The van der Waals surface area contributed by atoms with Gasteiger partial charge in [-0.2, -0.15) is 0 Å². The molecule has 0 spiro atoms. The van der Waals surface area contributed by atoms with E-state index in [4.69, 9.17) is 0 Å². The summed E-state index contributed by atoms with van der Waals surface area (Å²) in [4.78, 5) is 23.5. The van der Waals surface area contributed by atoms with Crippen molar-refractivity contribution in [2.24, 2.45) is 0 Å². The first-order chi connectivity index (χ1) is 12.6. The zero-order valence-electron chi connectivity index (χ0n) is 14.7. The van der Waals surface area contributed by atoms with E-state index in [2.05, 4.69) is 21.7 Å². The lowest BCUT2D eigenvalue weighted by Crippen LogP contribution is -2.47. The van der Waals surface area contributed by atoms with Crippen LogP contribution in [0, 0.1) is 0 Å². The van der Waals surface area contributed by atoms with Crippen molar-refractivity contribution in [3.8, 4) is 0 Å². The number of hydrogen-bond donors (Lipinski definition) is 4. The third kappa shape index (κ3) is 5.83. The summed E-state index contributed by atoms with van der Waals surface area (Å²) >= 11 is 0. The van der Waals surface area contributed by atoms with Crippen molar-refractivity contribution in [2.75, 3.05) is 0 Å². The maximum atomic E-state index is 11.7. The maximum Gasteiger partial charge on any atom is 0.329 e. The average Bonchev–Trinajstić information content (AvgIpc) is 2.68. The zero-order valence-corrected chi connectivity index (χ0v) is 14.7. The Hall–Kier alpha value is -3.54. The molecule has 0 radical (unpaired) electrons. The normalized spacial score (nSPS) is 11.5. The lowest BCUT2D eigenvalue weighted by Gasteiger charge is -2.08. The Morgan fingerprint density at radius 2 is 1.00 bits per heavy atom. The lowest BCUT2D eigenvalue weighted by molar-refractivity contribution is -0.140. The molecule has 2 rings (SSSR count). The SMILES string of the molecule is CC(=CNNC(=O)C(=O)NNC=C(C)c1ccccc1)c1ccccc1. The minimum atomic E-state index is -0.805. The molecule has 0 aliphatic carbocycles. The van der Waals surface area contributed by atoms with Gasteiger partial charge in [0, 0.05) is 12.4 Å². The second-order valence-corrected chi connectivity index (χ2v) is 5.58. The number of carbonyl (C=O) groups is 2. The molecule has 0 aliphatic heterocycles. The second-order valence-electron chi connectivity index (χ2n) is 5.58. The predicted octanol–water partition coefficient (Wildman–Crippen LogP) is 2.35. The van der Waals surface area contributed by atoms with E-state index < -0.39 is 11.8 Å². The van der Waals surface area contributed by atoms with Gasteiger partial charge in [-0.1, -0.05) is 60.7 Å². The molecule has 2 amide bonds. The van der Waals surface area contributed by atoms with Crippen LogP contribution < -0.4 is 21.7 Å². The lowest BCUT2D eigenvalue weighted by atomic mass is 10.1. The molecule has 4 N–H and O–H groups in total. The fourth-order valence-electron chi connectivity index (χ4n) is 2.10. The number of rotatable bonds is 6. The van der Waals surface area contributed by atoms with Gasteiger partial charge in [0.25, 0.3) is 0 Å². The van der Waals surface area contributed by atoms with Gasteiger partial charge in [-0.05, 0) is 36.1 Å². The van der Waals surface area contributed by atoms with Crippen molar-refractivity contribution < 1.29 is 9.59 Å². The summed E-state index contributed by atoms with van der Waals surface area (Å²) in [6.45, 7) is 3.79. The molecular weight excluding hydrogens is 328 g/mol. The van der Waals surface area contributed by atoms with Gasteiger partial charge in [-0.15, -0.1) is 0 Å². The molecule has 0 fully saturated rings. The second kappa shape index (κ2) is 9.68. The van der Waals surface area contributed by atoms with Crippen molar-refractivity contribution in [3.05, 3.63) is 84.2 Å². The van der Waals surface area contributed by atoms with Crippen LogP contribution in [0.5, 0.6) is 0 Å². The van der Waals surface area contributed by atoms with E-state index >= 15 is 0 Å². The highest BCUT2D eigenvalue weighted by atomic mass is 16.2. The summed E-state index contributed by atoms with van der Waals surface area (Å²) in [5.41, 5.74) is 13.8. The van der Waals surface area contributed by atoms with Crippen molar-refractivity contribution in [2.45, 2.75) is 13.8 Å². The van der Waals surface area contributed by atoms with Gasteiger partial charge in [0.1, 0.15) is 0 Å². The molecule has 0 aromatic heterocycles. The first kappa shape index (κ1) is 18.8. The molecule has 0 atom stereocenters. The van der Waals surface area contributed by atoms with Gasteiger partial charge in [0.15, 0.2) is 0 Å². The molecule has 0 saturated heterocycles. The smallest absolute Gasteiger partial charge is 0.305 e. The fraction of sp³-hybridized carbons (Fsp3) is 0.100. The number of hydrazine groups is 2. The summed E-state index contributed by atoms with van der Waals surface area (Å²) in [5, 5.41) is 0. The van der Waals surface area contributed by atoms with Crippen LogP contribution in [0.3, 0.4) is 0 Å². The van der Waals surface area contributed by atoms with Crippen molar-refractivity contribution in [1.82, 2.24) is 21.7 Å². The van der Waals surface area contributed by atoms with Crippen LogP contribution in [0.15, 0.2) is 73.1 Å². The summed E-state index contributed by atoms with van der Waals surface area (Å²) in [5.74, 6) is -1.61. The summed E-state index contributed by atoms with van der Waals surface area (Å²) in [6, 6.07) is 19.4. The Labute approximate surface area is 152 Å². The standard InChI is InChI=1S/C20H22N4O2/c1-15(17-9-5-3-6-10-17)13-21-23-19(25)20(26)24-22-14-16(2)18-11-7-4-8-12-18/h3-14,21-22H,1-2H3,(H,23,25)(H,24,26). The molecule has 6 heteroatoms. The maximum absolute atomic E-state index is 11.7. The Bertz CT molecular complexity index is 730. The van der Waals surface area contributed by atoms with E-state index in [0.717, 1.165) is 22.3 Å². The van der Waals surface area contributed by atoms with Crippen LogP contribution in [-0.2, 0) is 9.59 Å². The average molecular weight is 350 g/mol. The highest BCUT2D eigenvalue weighted by molar-refractivity contribution is 6.34. The van der Waals surface area contributed by atoms with Crippen molar-refractivity contribution in [3.63, 3.8) is 0 Å². The van der Waals surface area contributed by atoms with E-state index in [1.54, 1.807) is 12.4 Å². The van der Waals surface area contributed by atoms with Crippen LogP contribution in [0.4, 0.5) is 0 Å². The van der Waals surface area contributed by atoms with Crippen molar-refractivity contribution in [1.29, 1.82) is 0 Å². The monoisotopic (exact) mass is 350 g/mol. The Morgan fingerprint density at radius 1 is 0.654 bits per heavy atom. The van der Waals surface area contributed by atoms with E-state index in [0.29, 0.717) is 0 Å². The van der Waals surface area contributed by atoms with Gasteiger partial charge in [0.05, 0.1) is 0 Å². The summed E-state index contributed by atoms with van der Waals surface area (Å²) in [7, 11) is 0. The predicted molar refractivity (Wildman–Crippen MR) is 103 cm³/mol. The van der Waals surface area contributed by atoms with Gasteiger partial charge in [-0.25, -0.2) is 0 Å². The van der Waals surface area contributed by atoms with Crippen LogP contribution >= 0.6 is 0 Å². The number of allylic oxidation sites excluding steroid dienone is 2. The molecule has 0 heterocycles. The first-order valence-electron chi connectivity index (χ1n) is 8.13. The first-order valence-corrected chi connectivity index (χ1v) is 8.13. The minimum Gasteiger partial charge on any atom is -0.305 e. The van der Waals surface area contributed by atoms with E-state index in [1.807, 2.05) is 74.5 Å². The highest BCUT2D eigenvalue weighted by Gasteiger charge is 2.11. The van der Waals surface area contributed by atoms with Crippen LogP contribution in [0.1, 0.15) is 25.0 Å².